The van der Waals surface area contributed by atoms with Crippen molar-refractivity contribution in [3.63, 3.8) is 0 Å². The van der Waals surface area contributed by atoms with Crippen LogP contribution in [0, 0.1) is 0 Å². The van der Waals surface area contributed by atoms with Crippen LogP contribution >= 0.6 is 35.6 Å². The number of carbonyl (C=O) groups excluding carboxylic acids is 1. The molecule has 0 radical (unpaired) electrons. The van der Waals surface area contributed by atoms with Crippen molar-refractivity contribution in [2.45, 2.75) is 37.8 Å². The van der Waals surface area contributed by atoms with Crippen molar-refractivity contribution in [3.05, 3.63) is 33.8 Å². The lowest BCUT2D eigenvalue weighted by molar-refractivity contribution is -0.133. The van der Waals surface area contributed by atoms with Crippen LogP contribution in [0.25, 0.3) is 0 Å². The molecule has 2 unspecified atom stereocenters. The summed E-state index contributed by atoms with van der Waals surface area (Å²) in [6.07, 6.45) is 3.66. The Morgan fingerprint density at radius 3 is 2.76 bits per heavy atom. The number of amides is 1. The van der Waals surface area contributed by atoms with Crippen LogP contribution in [-0.4, -0.2) is 36.0 Å². The maximum absolute atomic E-state index is 12.6. The second kappa shape index (κ2) is 7.19. The van der Waals surface area contributed by atoms with Gasteiger partial charge < -0.3 is 10.2 Å². The second-order valence-electron chi connectivity index (χ2n) is 5.59. The molecule has 0 spiro atoms. The summed E-state index contributed by atoms with van der Waals surface area (Å²) >= 11 is 12.1. The predicted octanol–water partition coefficient (Wildman–Crippen LogP) is 3.31. The summed E-state index contributed by atoms with van der Waals surface area (Å²) in [6, 6.07) is 6.08. The van der Waals surface area contributed by atoms with Crippen LogP contribution in [-0.2, 0) is 11.2 Å². The number of benzene rings is 1. The third-order valence-electron chi connectivity index (χ3n) is 4.30. The van der Waals surface area contributed by atoms with Crippen molar-refractivity contribution in [1.82, 2.24) is 10.2 Å². The van der Waals surface area contributed by atoms with Gasteiger partial charge in [0.25, 0.3) is 0 Å². The van der Waals surface area contributed by atoms with E-state index in [1.165, 1.54) is 0 Å². The molecule has 0 saturated carbocycles. The number of fused-ring (bicyclic) bond motifs is 2. The number of halogens is 3. The van der Waals surface area contributed by atoms with Crippen molar-refractivity contribution in [2.24, 2.45) is 0 Å². The second-order valence-corrected chi connectivity index (χ2v) is 6.43. The summed E-state index contributed by atoms with van der Waals surface area (Å²) in [5, 5.41) is 4.59. The van der Waals surface area contributed by atoms with E-state index in [9.17, 15) is 4.79 Å². The van der Waals surface area contributed by atoms with Crippen LogP contribution in [0.2, 0.25) is 10.0 Å². The van der Waals surface area contributed by atoms with Crippen LogP contribution in [0.3, 0.4) is 0 Å². The molecule has 2 aliphatic heterocycles. The molecule has 2 atom stereocenters. The van der Waals surface area contributed by atoms with Crippen LogP contribution in [0.1, 0.15) is 24.8 Å². The third-order valence-corrected chi connectivity index (χ3v) is 4.89. The van der Waals surface area contributed by atoms with Crippen molar-refractivity contribution >= 4 is 41.5 Å². The molecule has 1 amide bonds. The fraction of sp³-hybridized carbons (Fsp3) is 0.533. The van der Waals surface area contributed by atoms with Gasteiger partial charge in [0, 0.05) is 28.7 Å². The molecule has 1 N–H and O–H groups in total. The molecule has 2 saturated heterocycles. The van der Waals surface area contributed by atoms with Gasteiger partial charge in [-0.1, -0.05) is 29.3 Å². The van der Waals surface area contributed by atoms with Crippen molar-refractivity contribution < 1.29 is 4.79 Å². The van der Waals surface area contributed by atoms with E-state index in [1.54, 1.807) is 12.1 Å². The summed E-state index contributed by atoms with van der Waals surface area (Å²) < 4.78 is 0. The van der Waals surface area contributed by atoms with Gasteiger partial charge in [-0.3, -0.25) is 4.79 Å². The zero-order valence-corrected chi connectivity index (χ0v) is 14.0. The highest BCUT2D eigenvalue weighted by Gasteiger charge is 2.37. The van der Waals surface area contributed by atoms with E-state index >= 15 is 0 Å². The summed E-state index contributed by atoms with van der Waals surface area (Å²) in [4.78, 5) is 14.7. The Morgan fingerprint density at radius 1 is 1.24 bits per heavy atom. The molecule has 116 valence electrons. The van der Waals surface area contributed by atoms with E-state index in [1.807, 2.05) is 6.07 Å². The van der Waals surface area contributed by atoms with Gasteiger partial charge in [0.1, 0.15) is 0 Å². The lowest BCUT2D eigenvalue weighted by atomic mass is 10.1. The molecule has 2 aliphatic rings. The molecular weight excluding hydrogens is 331 g/mol. The van der Waals surface area contributed by atoms with E-state index in [2.05, 4.69) is 10.2 Å². The van der Waals surface area contributed by atoms with Gasteiger partial charge in [0.05, 0.1) is 6.42 Å². The highest BCUT2D eigenvalue weighted by molar-refractivity contribution is 6.35. The Labute approximate surface area is 141 Å². The van der Waals surface area contributed by atoms with E-state index in [4.69, 9.17) is 23.2 Å². The number of hydrogen-bond donors (Lipinski definition) is 1. The smallest absolute Gasteiger partial charge is 0.227 e. The molecule has 2 heterocycles. The molecule has 21 heavy (non-hydrogen) atoms. The fourth-order valence-electron chi connectivity index (χ4n) is 3.31. The van der Waals surface area contributed by atoms with Crippen LogP contribution < -0.4 is 5.32 Å². The first-order valence-corrected chi connectivity index (χ1v) is 7.86. The van der Waals surface area contributed by atoms with Gasteiger partial charge in [0.2, 0.25) is 5.91 Å². The Kier molecular flexibility index (Phi) is 5.78. The van der Waals surface area contributed by atoms with Crippen molar-refractivity contribution in [1.29, 1.82) is 0 Å². The van der Waals surface area contributed by atoms with Crippen LogP contribution in [0.5, 0.6) is 0 Å². The van der Waals surface area contributed by atoms with Gasteiger partial charge in [0.15, 0.2) is 0 Å². The topological polar surface area (TPSA) is 32.3 Å². The third kappa shape index (κ3) is 3.65. The Balaban J connectivity index is 0.00000161. The zero-order chi connectivity index (χ0) is 14.1. The zero-order valence-electron chi connectivity index (χ0n) is 11.6. The summed E-state index contributed by atoms with van der Waals surface area (Å²) in [6.45, 7) is 1.92. The first-order valence-electron chi connectivity index (χ1n) is 7.11. The molecule has 2 bridgehead atoms. The highest BCUT2D eigenvalue weighted by atomic mass is 35.5. The molecule has 0 aliphatic carbocycles. The van der Waals surface area contributed by atoms with E-state index in [0.29, 0.717) is 28.5 Å². The molecule has 6 heteroatoms. The van der Waals surface area contributed by atoms with Gasteiger partial charge in [-0.15, -0.1) is 12.4 Å². The molecule has 1 aromatic rings. The lowest BCUT2D eigenvalue weighted by Crippen LogP contribution is -2.43. The predicted molar refractivity (Wildman–Crippen MR) is 88.6 cm³/mol. The van der Waals surface area contributed by atoms with Gasteiger partial charge in [-0.2, -0.15) is 0 Å². The van der Waals surface area contributed by atoms with Gasteiger partial charge in [-0.05, 0) is 43.5 Å². The number of nitrogens with zero attached hydrogens (tertiary/aromatic N) is 1. The summed E-state index contributed by atoms with van der Waals surface area (Å²) in [5.41, 5.74) is 0.859. The molecule has 1 aromatic carbocycles. The number of carbonyl (C=O) groups is 1. The van der Waals surface area contributed by atoms with Crippen molar-refractivity contribution in [2.75, 3.05) is 13.1 Å². The monoisotopic (exact) mass is 348 g/mol. The Morgan fingerprint density at radius 2 is 2.00 bits per heavy atom. The normalized spacial score (nSPS) is 24.4. The average molecular weight is 350 g/mol. The quantitative estimate of drug-likeness (QED) is 0.888. The minimum Gasteiger partial charge on any atom is -0.335 e. The molecule has 0 aromatic heterocycles. The standard InChI is InChI=1S/C15H18Cl2N2O.ClH/c16-11-2-1-10(14(17)8-11)7-15(20)19-12-3-4-13(19)9-18-6-5-12;/h1-2,8,12-13,18H,3-7,9H2;1H. The molecule has 3 nitrogen and oxygen atoms in total. The van der Waals surface area contributed by atoms with Crippen LogP contribution in [0.4, 0.5) is 0 Å². The Hall–Kier alpha value is -0.480. The maximum Gasteiger partial charge on any atom is 0.227 e. The fourth-order valence-corrected chi connectivity index (χ4v) is 3.78. The Bertz CT molecular complexity index is 510. The minimum absolute atomic E-state index is 0. The number of nitrogens with one attached hydrogen (secondary N) is 1. The number of rotatable bonds is 2. The van der Waals surface area contributed by atoms with E-state index in [-0.39, 0.29) is 18.3 Å². The summed E-state index contributed by atoms with van der Waals surface area (Å²) in [5.74, 6) is 0.186. The van der Waals surface area contributed by atoms with Gasteiger partial charge in [-0.25, -0.2) is 0 Å². The highest BCUT2D eigenvalue weighted by Crippen LogP contribution is 2.29. The lowest BCUT2D eigenvalue weighted by Gasteiger charge is -2.28. The molecular formula is C15H19Cl3N2O. The van der Waals surface area contributed by atoms with E-state index < -0.39 is 0 Å². The van der Waals surface area contributed by atoms with Gasteiger partial charge >= 0.3 is 0 Å². The molecule has 3 rings (SSSR count). The van der Waals surface area contributed by atoms with E-state index in [0.717, 1.165) is 37.9 Å². The SMILES string of the molecule is Cl.O=C(Cc1ccc(Cl)cc1Cl)N1C2CCNCC1CC2. The van der Waals surface area contributed by atoms with Crippen LogP contribution in [0.15, 0.2) is 18.2 Å². The minimum atomic E-state index is 0. The summed E-state index contributed by atoms with van der Waals surface area (Å²) in [7, 11) is 0. The first kappa shape index (κ1) is 16.9. The largest absolute Gasteiger partial charge is 0.335 e. The first-order chi connectivity index (χ1) is 9.65. The number of hydrogen-bond acceptors (Lipinski definition) is 2. The molecule has 2 fully saturated rings. The van der Waals surface area contributed by atoms with Crippen molar-refractivity contribution in [3.8, 4) is 0 Å². The maximum atomic E-state index is 12.6. The average Bonchev–Trinajstić information content (AvgIpc) is 2.66.